The largest absolute Gasteiger partial charge is 0.382 e. The van der Waals surface area contributed by atoms with Crippen molar-refractivity contribution in [2.45, 2.75) is 12.4 Å². The molecule has 4 aromatic rings. The first-order chi connectivity index (χ1) is 13.6. The summed E-state index contributed by atoms with van der Waals surface area (Å²) < 4.78 is 1.55. The van der Waals surface area contributed by atoms with Crippen LogP contribution in [0.4, 0.5) is 17.5 Å². The van der Waals surface area contributed by atoms with E-state index in [9.17, 15) is 4.79 Å². The first-order valence-electron chi connectivity index (χ1n) is 8.60. The Bertz CT molecular complexity index is 1170. The van der Waals surface area contributed by atoms with Crippen LogP contribution in [-0.2, 0) is 12.4 Å². The number of nitrogens with one attached hydrogen (secondary N) is 1. The highest BCUT2D eigenvalue weighted by Gasteiger charge is 2.16. The quantitative estimate of drug-likeness (QED) is 0.503. The molecule has 0 aliphatic rings. The van der Waals surface area contributed by atoms with Crippen LogP contribution in [0, 0.1) is 0 Å². The SMILES string of the molecule is CN(c1ccncc1)c1nc(N)c2[nH]c(=O)n(Cc3ccc(CCl)cc3)c2n1. The van der Waals surface area contributed by atoms with Gasteiger partial charge in [0.15, 0.2) is 11.5 Å². The monoisotopic (exact) mass is 395 g/mol. The molecule has 0 saturated heterocycles. The lowest BCUT2D eigenvalue weighted by atomic mass is 10.1. The molecule has 0 atom stereocenters. The van der Waals surface area contributed by atoms with Crippen LogP contribution in [0.25, 0.3) is 11.2 Å². The number of imidazole rings is 1. The van der Waals surface area contributed by atoms with Crippen molar-refractivity contribution in [3.05, 3.63) is 70.4 Å². The summed E-state index contributed by atoms with van der Waals surface area (Å²) in [4.78, 5) is 30.0. The Morgan fingerprint density at radius 1 is 1.11 bits per heavy atom. The third-order valence-corrected chi connectivity index (χ3v) is 4.82. The van der Waals surface area contributed by atoms with Crippen LogP contribution in [0.5, 0.6) is 0 Å². The minimum absolute atomic E-state index is 0.217. The predicted molar refractivity (Wildman–Crippen MR) is 110 cm³/mol. The zero-order valence-corrected chi connectivity index (χ0v) is 15.9. The Morgan fingerprint density at radius 2 is 1.79 bits per heavy atom. The summed E-state index contributed by atoms with van der Waals surface area (Å²) in [6, 6.07) is 11.4. The van der Waals surface area contributed by atoms with Crippen molar-refractivity contribution in [1.29, 1.82) is 0 Å². The molecule has 3 aromatic heterocycles. The molecule has 3 heterocycles. The maximum Gasteiger partial charge on any atom is 0.328 e. The Morgan fingerprint density at radius 3 is 2.46 bits per heavy atom. The molecular formula is C19H18ClN7O. The van der Waals surface area contributed by atoms with Crippen LogP contribution in [-0.4, -0.2) is 31.6 Å². The van der Waals surface area contributed by atoms with Gasteiger partial charge in [0.25, 0.3) is 0 Å². The number of hydrogen-bond donors (Lipinski definition) is 2. The number of H-pyrrole nitrogens is 1. The number of pyridine rings is 1. The highest BCUT2D eigenvalue weighted by Crippen LogP contribution is 2.23. The summed E-state index contributed by atoms with van der Waals surface area (Å²) in [5.74, 6) is 1.05. The number of anilines is 3. The fourth-order valence-corrected chi connectivity index (χ4v) is 3.11. The van der Waals surface area contributed by atoms with E-state index in [0.29, 0.717) is 29.5 Å². The second-order valence-electron chi connectivity index (χ2n) is 6.34. The fourth-order valence-electron chi connectivity index (χ4n) is 2.94. The molecule has 9 heteroatoms. The van der Waals surface area contributed by atoms with E-state index in [1.165, 1.54) is 0 Å². The van der Waals surface area contributed by atoms with Gasteiger partial charge in [0.2, 0.25) is 5.95 Å². The Hall–Kier alpha value is -3.39. The number of benzene rings is 1. The Balaban J connectivity index is 1.77. The van der Waals surface area contributed by atoms with Gasteiger partial charge in [-0.3, -0.25) is 9.55 Å². The highest BCUT2D eigenvalue weighted by atomic mass is 35.5. The number of rotatable bonds is 5. The smallest absolute Gasteiger partial charge is 0.328 e. The molecule has 3 N–H and O–H groups in total. The minimum atomic E-state index is -0.291. The topological polar surface area (TPSA) is 106 Å². The van der Waals surface area contributed by atoms with Gasteiger partial charge in [-0.15, -0.1) is 11.6 Å². The van der Waals surface area contributed by atoms with Gasteiger partial charge in [-0.05, 0) is 23.3 Å². The van der Waals surface area contributed by atoms with Crippen LogP contribution in [0.15, 0.2) is 53.6 Å². The second-order valence-corrected chi connectivity index (χ2v) is 6.61. The van der Waals surface area contributed by atoms with E-state index in [1.54, 1.807) is 21.9 Å². The fraction of sp³-hybridized carbons (Fsp3) is 0.158. The van der Waals surface area contributed by atoms with Crippen LogP contribution in [0.1, 0.15) is 11.1 Å². The molecule has 8 nitrogen and oxygen atoms in total. The normalized spacial score (nSPS) is 11.1. The van der Waals surface area contributed by atoms with E-state index in [0.717, 1.165) is 16.8 Å². The van der Waals surface area contributed by atoms with E-state index in [2.05, 4.69) is 19.9 Å². The number of hydrogen-bond acceptors (Lipinski definition) is 6. The number of nitrogens with two attached hydrogens (primary N) is 1. The van der Waals surface area contributed by atoms with Crippen molar-refractivity contribution in [1.82, 2.24) is 24.5 Å². The zero-order chi connectivity index (χ0) is 19.7. The molecule has 142 valence electrons. The predicted octanol–water partition coefficient (Wildman–Crippen LogP) is 2.65. The molecule has 0 spiro atoms. The lowest BCUT2D eigenvalue weighted by Gasteiger charge is -2.17. The molecule has 0 bridgehead atoms. The van der Waals surface area contributed by atoms with Crippen LogP contribution in [0.3, 0.4) is 0 Å². The van der Waals surface area contributed by atoms with Crippen molar-refractivity contribution in [3.63, 3.8) is 0 Å². The van der Waals surface area contributed by atoms with Gasteiger partial charge >= 0.3 is 5.69 Å². The zero-order valence-electron chi connectivity index (χ0n) is 15.1. The van der Waals surface area contributed by atoms with Gasteiger partial charge in [-0.2, -0.15) is 9.97 Å². The molecule has 0 radical (unpaired) electrons. The number of nitrogens with zero attached hydrogens (tertiary/aromatic N) is 5. The summed E-state index contributed by atoms with van der Waals surface area (Å²) in [7, 11) is 1.83. The van der Waals surface area contributed by atoms with Crippen LogP contribution >= 0.6 is 11.6 Å². The van der Waals surface area contributed by atoms with Crippen molar-refractivity contribution in [3.8, 4) is 0 Å². The van der Waals surface area contributed by atoms with Gasteiger partial charge in [-0.25, -0.2) is 4.79 Å². The van der Waals surface area contributed by atoms with E-state index in [-0.39, 0.29) is 11.5 Å². The first-order valence-corrected chi connectivity index (χ1v) is 9.14. The average molecular weight is 396 g/mol. The third kappa shape index (κ3) is 3.29. The molecule has 0 aliphatic heterocycles. The van der Waals surface area contributed by atoms with Gasteiger partial charge in [0.1, 0.15) is 5.52 Å². The molecule has 0 amide bonds. The minimum Gasteiger partial charge on any atom is -0.382 e. The number of fused-ring (bicyclic) bond motifs is 1. The molecule has 1 aromatic carbocycles. The average Bonchev–Trinajstić information content (AvgIpc) is 3.04. The maximum atomic E-state index is 12.5. The molecule has 0 fully saturated rings. The molecule has 0 aliphatic carbocycles. The van der Waals surface area contributed by atoms with E-state index in [4.69, 9.17) is 17.3 Å². The van der Waals surface area contributed by atoms with Crippen molar-refractivity contribution >= 4 is 40.2 Å². The van der Waals surface area contributed by atoms with Crippen LogP contribution in [0.2, 0.25) is 0 Å². The van der Waals surface area contributed by atoms with Crippen LogP contribution < -0.4 is 16.3 Å². The van der Waals surface area contributed by atoms with E-state index < -0.39 is 0 Å². The molecule has 28 heavy (non-hydrogen) atoms. The number of halogens is 1. The number of aromatic nitrogens is 5. The number of nitrogen functional groups attached to an aromatic ring is 1. The summed E-state index contributed by atoms with van der Waals surface area (Å²) >= 11 is 5.84. The third-order valence-electron chi connectivity index (χ3n) is 4.51. The maximum absolute atomic E-state index is 12.5. The molecule has 0 unspecified atom stereocenters. The van der Waals surface area contributed by atoms with Crippen molar-refractivity contribution < 1.29 is 0 Å². The lowest BCUT2D eigenvalue weighted by Crippen LogP contribution is -2.18. The molecule has 0 saturated carbocycles. The summed E-state index contributed by atoms with van der Waals surface area (Å²) in [5.41, 5.74) is 9.52. The lowest BCUT2D eigenvalue weighted by molar-refractivity contribution is 0.776. The Labute approximate surface area is 165 Å². The van der Waals surface area contributed by atoms with E-state index in [1.807, 2.05) is 43.4 Å². The summed E-state index contributed by atoms with van der Waals surface area (Å²) in [5, 5.41) is 0. The van der Waals surface area contributed by atoms with Gasteiger partial charge in [0.05, 0.1) is 6.54 Å². The van der Waals surface area contributed by atoms with Crippen molar-refractivity contribution in [2.24, 2.45) is 0 Å². The molecular weight excluding hydrogens is 378 g/mol. The molecule has 4 rings (SSSR count). The Kier molecular flexibility index (Phi) is 4.70. The van der Waals surface area contributed by atoms with Gasteiger partial charge < -0.3 is 15.6 Å². The summed E-state index contributed by atoms with van der Waals surface area (Å²) in [6.07, 6.45) is 3.37. The number of aromatic amines is 1. The van der Waals surface area contributed by atoms with Gasteiger partial charge in [-0.1, -0.05) is 24.3 Å². The standard InChI is InChI=1S/C19H18ClN7O/c1-26(14-6-8-22-9-7-14)18-24-16(21)15-17(25-18)27(19(28)23-15)11-13-4-2-12(10-20)3-5-13/h2-9H,10-11H2,1H3,(H,23,28)(H2,21,24,25). The van der Waals surface area contributed by atoms with Crippen molar-refractivity contribution in [2.75, 3.05) is 17.7 Å². The second kappa shape index (κ2) is 7.32. The highest BCUT2D eigenvalue weighted by molar-refractivity contribution is 6.17. The summed E-state index contributed by atoms with van der Waals surface area (Å²) in [6.45, 7) is 0.357. The van der Waals surface area contributed by atoms with E-state index >= 15 is 0 Å². The van der Waals surface area contributed by atoms with Gasteiger partial charge in [0, 0.05) is 31.0 Å². The number of alkyl halides is 1. The first kappa shape index (κ1) is 18.0.